The van der Waals surface area contributed by atoms with Crippen LogP contribution >= 0.6 is 11.3 Å². The third kappa shape index (κ3) is 4.03. The van der Waals surface area contributed by atoms with Crippen LogP contribution in [0.15, 0.2) is 164 Å². The van der Waals surface area contributed by atoms with Gasteiger partial charge < -0.3 is 4.57 Å². The fourth-order valence-corrected chi connectivity index (χ4v) is 10.2. The fourth-order valence-electron chi connectivity index (χ4n) is 8.94. The quantitative estimate of drug-likeness (QED) is 0.177. The van der Waals surface area contributed by atoms with E-state index in [0.717, 1.165) is 0 Å². The number of thiophene rings is 1. The number of rotatable bonds is 3. The minimum absolute atomic E-state index is 0.0455. The second-order valence-corrected chi connectivity index (χ2v) is 15.5. The van der Waals surface area contributed by atoms with Crippen molar-refractivity contribution in [3.05, 3.63) is 175 Å². The molecule has 1 aliphatic carbocycles. The second kappa shape index (κ2) is 10.5. The topological polar surface area (TPSA) is 4.93 Å². The molecule has 0 spiro atoms. The van der Waals surface area contributed by atoms with Gasteiger partial charge in [-0.1, -0.05) is 141 Å². The summed E-state index contributed by atoms with van der Waals surface area (Å²) in [4.78, 5) is 0. The van der Waals surface area contributed by atoms with Gasteiger partial charge in [0.15, 0.2) is 0 Å². The maximum atomic E-state index is 2.51. The molecule has 0 bridgehead atoms. The summed E-state index contributed by atoms with van der Waals surface area (Å²) in [5, 5.41) is 7.91. The van der Waals surface area contributed by atoms with E-state index in [4.69, 9.17) is 0 Å². The maximum Gasteiger partial charge on any atom is 0.0634 e. The first kappa shape index (κ1) is 28.8. The highest BCUT2D eigenvalue weighted by atomic mass is 32.1. The Hall–Kier alpha value is -5.96. The lowest BCUT2D eigenvalue weighted by Gasteiger charge is -2.22. The van der Waals surface area contributed by atoms with Gasteiger partial charge >= 0.3 is 0 Å². The smallest absolute Gasteiger partial charge is 0.0634 e. The van der Waals surface area contributed by atoms with Crippen LogP contribution in [0.25, 0.3) is 91.8 Å². The standard InChI is InChI=1S/C49H33NS/c1-49(2)41-18-10-8-14-35(41)36-26-22-33(29-42(36)49)32-23-27-43-40(28-32)46-47(50(43)34-24-20-31(21-25-34)30-12-4-3-5-13-30)38-16-7-6-15-37(38)45-39-17-9-11-19-44(39)51-48(45)46/h3-29H,1-2H3. The number of nitrogens with zero attached hydrogens (tertiary/aromatic N) is 1. The highest BCUT2D eigenvalue weighted by Gasteiger charge is 2.35. The molecule has 1 nitrogen and oxygen atoms in total. The van der Waals surface area contributed by atoms with Crippen molar-refractivity contribution >= 4 is 64.1 Å². The molecular weight excluding hydrogens is 635 g/mol. The van der Waals surface area contributed by atoms with Crippen molar-refractivity contribution in [2.75, 3.05) is 0 Å². The lowest BCUT2D eigenvalue weighted by Crippen LogP contribution is -2.14. The largest absolute Gasteiger partial charge is 0.309 e. The van der Waals surface area contributed by atoms with Crippen LogP contribution in [-0.2, 0) is 5.41 Å². The molecule has 0 saturated carbocycles. The van der Waals surface area contributed by atoms with Crippen molar-refractivity contribution in [1.29, 1.82) is 0 Å². The van der Waals surface area contributed by atoms with E-state index in [-0.39, 0.29) is 5.41 Å². The second-order valence-electron chi connectivity index (χ2n) is 14.5. The van der Waals surface area contributed by atoms with Gasteiger partial charge in [0.1, 0.15) is 0 Å². The fraction of sp³-hybridized carbons (Fsp3) is 0.0612. The van der Waals surface area contributed by atoms with Gasteiger partial charge in [0.2, 0.25) is 0 Å². The summed E-state index contributed by atoms with van der Waals surface area (Å²) in [5.41, 5.74) is 14.1. The minimum Gasteiger partial charge on any atom is -0.309 e. The van der Waals surface area contributed by atoms with Crippen LogP contribution in [0.2, 0.25) is 0 Å². The molecular formula is C49H33NS. The summed E-state index contributed by atoms with van der Waals surface area (Å²) in [5.74, 6) is 0. The first-order chi connectivity index (χ1) is 25.1. The Morgan fingerprint density at radius 2 is 1.08 bits per heavy atom. The monoisotopic (exact) mass is 667 g/mol. The minimum atomic E-state index is -0.0455. The predicted molar refractivity (Wildman–Crippen MR) is 220 cm³/mol. The Balaban J connectivity index is 1.22. The average molecular weight is 668 g/mol. The Morgan fingerprint density at radius 3 is 1.92 bits per heavy atom. The van der Waals surface area contributed by atoms with Gasteiger partial charge in [0.05, 0.1) is 11.0 Å². The van der Waals surface area contributed by atoms with Crippen LogP contribution in [0.1, 0.15) is 25.0 Å². The Labute approximate surface area is 300 Å². The summed E-state index contributed by atoms with van der Waals surface area (Å²) in [6, 6.07) is 60.9. The first-order valence-corrected chi connectivity index (χ1v) is 18.6. The van der Waals surface area contributed by atoms with Gasteiger partial charge in [-0.3, -0.25) is 0 Å². The van der Waals surface area contributed by atoms with E-state index in [0.29, 0.717) is 0 Å². The summed E-state index contributed by atoms with van der Waals surface area (Å²) in [6.07, 6.45) is 0. The number of hydrogen-bond acceptors (Lipinski definition) is 1. The molecule has 0 unspecified atom stereocenters. The van der Waals surface area contributed by atoms with E-state index in [1.54, 1.807) is 0 Å². The highest BCUT2D eigenvalue weighted by molar-refractivity contribution is 7.27. The zero-order valence-electron chi connectivity index (χ0n) is 28.4. The lowest BCUT2D eigenvalue weighted by atomic mass is 9.81. The van der Waals surface area contributed by atoms with Crippen molar-refractivity contribution in [3.8, 4) is 39.1 Å². The molecule has 2 heterocycles. The summed E-state index contributed by atoms with van der Waals surface area (Å²) < 4.78 is 5.20. The van der Waals surface area contributed by atoms with Crippen molar-refractivity contribution in [1.82, 2.24) is 4.57 Å². The van der Waals surface area contributed by atoms with E-state index in [1.165, 1.54) is 103 Å². The zero-order valence-corrected chi connectivity index (χ0v) is 29.3. The van der Waals surface area contributed by atoms with Gasteiger partial charge in [-0.15, -0.1) is 11.3 Å². The van der Waals surface area contributed by atoms with E-state index in [2.05, 4.69) is 182 Å². The van der Waals surface area contributed by atoms with Gasteiger partial charge in [0, 0.05) is 47.4 Å². The van der Waals surface area contributed by atoms with E-state index in [1.807, 2.05) is 11.3 Å². The normalized spacial score (nSPS) is 13.5. The average Bonchev–Trinajstić information content (AvgIpc) is 3.81. The lowest BCUT2D eigenvalue weighted by molar-refractivity contribution is 0.660. The van der Waals surface area contributed by atoms with Gasteiger partial charge in [-0.05, 0) is 86.3 Å². The summed E-state index contributed by atoms with van der Waals surface area (Å²) >= 11 is 1.93. The molecule has 0 saturated heterocycles. The Morgan fingerprint density at radius 1 is 0.451 bits per heavy atom. The van der Waals surface area contributed by atoms with Crippen molar-refractivity contribution in [2.45, 2.75) is 19.3 Å². The molecule has 0 atom stereocenters. The molecule has 0 amide bonds. The number of benzene rings is 8. The molecule has 1 aliphatic rings. The number of aromatic nitrogens is 1. The molecule has 240 valence electrons. The predicted octanol–water partition coefficient (Wildman–Crippen LogP) is 13.9. The molecule has 0 radical (unpaired) electrons. The van der Waals surface area contributed by atoms with Gasteiger partial charge in [-0.25, -0.2) is 0 Å². The SMILES string of the molecule is CC1(C)c2ccccc2-c2ccc(-c3ccc4c(c3)c3c5sc6ccccc6c5c5ccccc5c3n4-c3ccc(-c4ccccc4)cc3)cc21. The van der Waals surface area contributed by atoms with Crippen LogP contribution in [-0.4, -0.2) is 4.57 Å². The number of hydrogen-bond donors (Lipinski definition) is 0. The molecule has 2 aromatic heterocycles. The third-order valence-electron chi connectivity index (χ3n) is 11.4. The van der Waals surface area contributed by atoms with Crippen molar-refractivity contribution in [3.63, 3.8) is 0 Å². The molecule has 8 aromatic carbocycles. The van der Waals surface area contributed by atoms with Gasteiger partial charge in [0.25, 0.3) is 0 Å². The highest BCUT2D eigenvalue weighted by Crippen LogP contribution is 2.51. The molecule has 0 N–H and O–H groups in total. The van der Waals surface area contributed by atoms with Crippen molar-refractivity contribution < 1.29 is 0 Å². The van der Waals surface area contributed by atoms with Crippen LogP contribution in [0.3, 0.4) is 0 Å². The number of fused-ring (bicyclic) bond motifs is 13. The maximum absolute atomic E-state index is 2.51. The molecule has 10 aromatic rings. The molecule has 0 fully saturated rings. The van der Waals surface area contributed by atoms with E-state index < -0.39 is 0 Å². The van der Waals surface area contributed by atoms with Crippen LogP contribution in [0.5, 0.6) is 0 Å². The van der Waals surface area contributed by atoms with Crippen LogP contribution in [0, 0.1) is 0 Å². The molecule has 11 rings (SSSR count). The summed E-state index contributed by atoms with van der Waals surface area (Å²) in [6.45, 7) is 4.73. The van der Waals surface area contributed by atoms with E-state index >= 15 is 0 Å². The van der Waals surface area contributed by atoms with E-state index in [9.17, 15) is 0 Å². The molecule has 0 aliphatic heterocycles. The third-order valence-corrected chi connectivity index (χ3v) is 12.6. The van der Waals surface area contributed by atoms with Gasteiger partial charge in [-0.2, -0.15) is 0 Å². The van der Waals surface area contributed by atoms with Crippen LogP contribution < -0.4 is 0 Å². The van der Waals surface area contributed by atoms with Crippen molar-refractivity contribution in [2.24, 2.45) is 0 Å². The summed E-state index contributed by atoms with van der Waals surface area (Å²) in [7, 11) is 0. The zero-order chi connectivity index (χ0) is 33.8. The molecule has 51 heavy (non-hydrogen) atoms. The Bertz CT molecular complexity index is 3030. The molecule has 2 heteroatoms. The first-order valence-electron chi connectivity index (χ1n) is 17.8. The Kier molecular flexibility index (Phi) is 5.95. The van der Waals surface area contributed by atoms with Crippen LogP contribution in [0.4, 0.5) is 0 Å².